The van der Waals surface area contributed by atoms with Crippen LogP contribution >= 0.6 is 11.3 Å². The minimum absolute atomic E-state index is 0.291. The van der Waals surface area contributed by atoms with Crippen LogP contribution in [-0.2, 0) is 0 Å². The quantitative estimate of drug-likeness (QED) is 0.583. The Bertz CT molecular complexity index is 966. The van der Waals surface area contributed by atoms with Crippen LogP contribution in [0.4, 0.5) is 0 Å². The Morgan fingerprint density at radius 3 is 2.86 bits per heavy atom. The van der Waals surface area contributed by atoms with E-state index in [1.807, 2.05) is 30.3 Å². The Balaban J connectivity index is 1.83. The van der Waals surface area contributed by atoms with Crippen molar-refractivity contribution in [3.63, 3.8) is 0 Å². The first-order valence-corrected chi connectivity index (χ1v) is 7.60. The van der Waals surface area contributed by atoms with Crippen LogP contribution in [0.3, 0.4) is 0 Å². The van der Waals surface area contributed by atoms with Gasteiger partial charge in [0, 0.05) is 10.9 Å². The molecule has 1 N–H and O–H groups in total. The maximum absolute atomic E-state index is 11.6. The highest BCUT2D eigenvalue weighted by atomic mass is 32.1. The van der Waals surface area contributed by atoms with Gasteiger partial charge in [-0.1, -0.05) is 18.2 Å². The van der Waals surface area contributed by atoms with Crippen molar-refractivity contribution in [3.8, 4) is 10.8 Å². The fraction of sp³-hybridized carbons (Fsp3) is 0.0588. The van der Waals surface area contributed by atoms with E-state index in [2.05, 4.69) is 4.98 Å². The highest BCUT2D eigenvalue weighted by Gasteiger charge is 2.13. The molecule has 0 amide bonds. The molecule has 2 aromatic carbocycles. The maximum atomic E-state index is 11.6. The normalized spacial score (nSPS) is 11.3. The van der Waals surface area contributed by atoms with Gasteiger partial charge in [-0.05, 0) is 30.3 Å². The minimum Gasteiger partial charge on any atom is -0.454 e. The molecule has 0 bridgehead atoms. The maximum Gasteiger partial charge on any atom is 0.188 e. The van der Waals surface area contributed by atoms with Gasteiger partial charge in [-0.2, -0.15) is 0 Å². The van der Waals surface area contributed by atoms with E-state index >= 15 is 0 Å². The van der Waals surface area contributed by atoms with E-state index in [0.717, 1.165) is 32.0 Å². The van der Waals surface area contributed by atoms with Gasteiger partial charge in [0.05, 0.1) is 10.2 Å². The first-order chi connectivity index (χ1) is 10.7. The molecule has 0 radical (unpaired) electrons. The molecule has 0 unspecified atom stereocenters. The summed E-state index contributed by atoms with van der Waals surface area (Å²) in [5, 5.41) is 10.8. The average Bonchev–Trinajstić information content (AvgIpc) is 3.16. The number of hydrogen-bond acceptors (Lipinski definition) is 5. The molecule has 2 heterocycles. The van der Waals surface area contributed by atoms with Crippen molar-refractivity contribution in [2.45, 2.75) is 0 Å². The van der Waals surface area contributed by atoms with Crippen LogP contribution in [0.1, 0.15) is 10.4 Å². The SMILES string of the molecule is O=C(CO)c1ccc2nc(-c3cc4ccccc4o3)sc2c1. The second-order valence-corrected chi connectivity index (χ2v) is 5.96. The van der Waals surface area contributed by atoms with Gasteiger partial charge in [0.15, 0.2) is 16.6 Å². The summed E-state index contributed by atoms with van der Waals surface area (Å²) in [6.07, 6.45) is 0. The van der Waals surface area contributed by atoms with E-state index in [4.69, 9.17) is 9.52 Å². The molecular formula is C17H11NO3S. The van der Waals surface area contributed by atoms with Gasteiger partial charge in [-0.3, -0.25) is 4.79 Å². The summed E-state index contributed by atoms with van der Waals surface area (Å²) < 4.78 is 6.72. The van der Waals surface area contributed by atoms with Crippen LogP contribution in [0.2, 0.25) is 0 Å². The number of aliphatic hydroxyl groups is 1. The van der Waals surface area contributed by atoms with Gasteiger partial charge in [0.1, 0.15) is 12.2 Å². The molecule has 0 aliphatic heterocycles. The van der Waals surface area contributed by atoms with Crippen molar-refractivity contribution in [3.05, 3.63) is 54.1 Å². The van der Waals surface area contributed by atoms with E-state index in [0.29, 0.717) is 5.56 Å². The molecule has 0 fully saturated rings. The number of fused-ring (bicyclic) bond motifs is 2. The monoisotopic (exact) mass is 309 g/mol. The lowest BCUT2D eigenvalue weighted by molar-refractivity contribution is 0.0904. The number of nitrogens with zero attached hydrogens (tertiary/aromatic N) is 1. The number of furan rings is 1. The fourth-order valence-corrected chi connectivity index (χ4v) is 3.34. The van der Waals surface area contributed by atoms with E-state index in [1.54, 1.807) is 18.2 Å². The zero-order valence-electron chi connectivity index (χ0n) is 11.4. The highest BCUT2D eigenvalue weighted by molar-refractivity contribution is 7.21. The van der Waals surface area contributed by atoms with E-state index in [9.17, 15) is 4.79 Å². The number of ketones is 1. The summed E-state index contributed by atoms with van der Waals surface area (Å²) in [6.45, 7) is -0.485. The summed E-state index contributed by atoms with van der Waals surface area (Å²) in [6, 6.07) is 15.0. The van der Waals surface area contributed by atoms with Crippen LogP contribution in [0.5, 0.6) is 0 Å². The summed E-state index contributed by atoms with van der Waals surface area (Å²) in [7, 11) is 0. The Morgan fingerprint density at radius 1 is 1.18 bits per heavy atom. The summed E-state index contributed by atoms with van der Waals surface area (Å²) >= 11 is 1.47. The smallest absolute Gasteiger partial charge is 0.188 e. The van der Waals surface area contributed by atoms with Crippen molar-refractivity contribution in [2.24, 2.45) is 0 Å². The number of aromatic nitrogens is 1. The van der Waals surface area contributed by atoms with E-state index in [1.165, 1.54) is 11.3 Å². The average molecular weight is 309 g/mol. The lowest BCUT2D eigenvalue weighted by Gasteiger charge is -1.95. The number of para-hydroxylation sites is 1. The third-order valence-electron chi connectivity index (χ3n) is 3.49. The van der Waals surface area contributed by atoms with Gasteiger partial charge >= 0.3 is 0 Å². The molecule has 5 heteroatoms. The van der Waals surface area contributed by atoms with Gasteiger partial charge in [0.2, 0.25) is 0 Å². The third kappa shape index (κ3) is 2.11. The number of hydrogen-bond donors (Lipinski definition) is 1. The topological polar surface area (TPSA) is 63.3 Å². The van der Waals surface area contributed by atoms with Crippen LogP contribution in [0, 0.1) is 0 Å². The number of aliphatic hydroxyl groups excluding tert-OH is 1. The molecule has 22 heavy (non-hydrogen) atoms. The van der Waals surface area contributed by atoms with Crippen molar-refractivity contribution < 1.29 is 14.3 Å². The Hall–Kier alpha value is -2.50. The lowest BCUT2D eigenvalue weighted by atomic mass is 10.1. The molecule has 0 atom stereocenters. The second-order valence-electron chi connectivity index (χ2n) is 4.93. The van der Waals surface area contributed by atoms with E-state index in [-0.39, 0.29) is 5.78 Å². The Labute approximate surface area is 129 Å². The van der Waals surface area contributed by atoms with Crippen LogP contribution in [0.25, 0.3) is 32.0 Å². The van der Waals surface area contributed by atoms with Gasteiger partial charge < -0.3 is 9.52 Å². The number of carbonyl (C=O) groups excluding carboxylic acids is 1. The molecule has 2 aromatic heterocycles. The van der Waals surface area contributed by atoms with Gasteiger partial charge in [0.25, 0.3) is 0 Å². The molecule has 4 aromatic rings. The molecule has 4 rings (SSSR count). The van der Waals surface area contributed by atoms with Gasteiger partial charge in [-0.15, -0.1) is 11.3 Å². The van der Waals surface area contributed by atoms with E-state index < -0.39 is 6.61 Å². The molecule has 0 spiro atoms. The predicted octanol–water partition coefficient (Wildman–Crippen LogP) is 3.88. The predicted molar refractivity (Wildman–Crippen MR) is 86.2 cm³/mol. The highest BCUT2D eigenvalue weighted by Crippen LogP contribution is 2.34. The number of Topliss-reactive ketones (excluding diaryl/α,β-unsaturated/α-hetero) is 1. The standard InChI is InChI=1S/C17H11NO3S/c19-9-13(20)10-5-6-12-16(8-10)22-17(18-12)15-7-11-3-1-2-4-14(11)21-15/h1-8,19H,9H2. The first-order valence-electron chi connectivity index (χ1n) is 6.78. The van der Waals surface area contributed by atoms with Crippen LogP contribution in [-0.4, -0.2) is 22.5 Å². The molecule has 4 nitrogen and oxygen atoms in total. The number of carbonyl (C=O) groups is 1. The van der Waals surface area contributed by atoms with Crippen molar-refractivity contribution in [1.29, 1.82) is 0 Å². The van der Waals surface area contributed by atoms with Crippen molar-refractivity contribution >= 4 is 38.3 Å². The minimum atomic E-state index is -0.485. The Morgan fingerprint density at radius 2 is 2.05 bits per heavy atom. The zero-order valence-corrected chi connectivity index (χ0v) is 12.3. The number of thiazole rings is 1. The van der Waals surface area contributed by atoms with Crippen molar-refractivity contribution in [1.82, 2.24) is 4.98 Å². The molecule has 0 saturated heterocycles. The lowest BCUT2D eigenvalue weighted by Crippen LogP contribution is -2.03. The molecular weight excluding hydrogens is 298 g/mol. The fourth-order valence-electron chi connectivity index (χ4n) is 2.38. The molecule has 0 saturated carbocycles. The first kappa shape index (κ1) is 13.2. The zero-order chi connectivity index (χ0) is 15.1. The van der Waals surface area contributed by atoms with Crippen molar-refractivity contribution in [2.75, 3.05) is 6.61 Å². The summed E-state index contributed by atoms with van der Waals surface area (Å²) in [5.74, 6) is 0.429. The molecule has 0 aliphatic carbocycles. The van der Waals surface area contributed by atoms with Gasteiger partial charge in [-0.25, -0.2) is 4.98 Å². The Kier molecular flexibility index (Phi) is 3.03. The summed E-state index contributed by atoms with van der Waals surface area (Å²) in [4.78, 5) is 16.1. The number of rotatable bonds is 3. The second kappa shape index (κ2) is 5.05. The third-order valence-corrected chi connectivity index (χ3v) is 4.52. The summed E-state index contributed by atoms with van der Waals surface area (Å²) in [5.41, 5.74) is 2.14. The number of benzene rings is 2. The molecule has 108 valence electrons. The van der Waals surface area contributed by atoms with Crippen LogP contribution < -0.4 is 0 Å². The largest absolute Gasteiger partial charge is 0.454 e. The van der Waals surface area contributed by atoms with Crippen LogP contribution in [0.15, 0.2) is 52.9 Å². The molecule has 0 aliphatic rings.